The second kappa shape index (κ2) is 10.2. The highest BCUT2D eigenvalue weighted by atomic mass is 35.5. The molecule has 3 aliphatic rings. The molecule has 34 heavy (non-hydrogen) atoms. The molecule has 0 bridgehead atoms. The zero-order valence-electron chi connectivity index (χ0n) is 20.7. The maximum absolute atomic E-state index is 13.0. The summed E-state index contributed by atoms with van der Waals surface area (Å²) in [4.78, 5) is 15.5. The van der Waals surface area contributed by atoms with Crippen LogP contribution in [0.5, 0.6) is 5.75 Å². The molecule has 9 heteroatoms. The summed E-state index contributed by atoms with van der Waals surface area (Å²) in [6.07, 6.45) is 4.61. The molecule has 4 rings (SSSR count). The summed E-state index contributed by atoms with van der Waals surface area (Å²) in [5.74, 6) is -0.246. The fourth-order valence-electron chi connectivity index (χ4n) is 5.27. The lowest BCUT2D eigenvalue weighted by Crippen LogP contribution is -2.58. The average Bonchev–Trinajstić information content (AvgIpc) is 2.83. The molecule has 2 atom stereocenters. The fraction of sp³-hybridized carbons (Fsp3) is 0.720. The normalized spacial score (nSPS) is 27.4. The SMILES string of the molecule is COc1cc(N)c(Cl)cc1C(=O)NC1CCN(C2CCC3(CC2)OCC(C)(C)CO3)CC1OC. The number of amides is 1. The summed E-state index contributed by atoms with van der Waals surface area (Å²) in [6.45, 7) is 7.52. The Morgan fingerprint density at radius 2 is 1.85 bits per heavy atom. The van der Waals surface area contributed by atoms with Gasteiger partial charge in [-0.2, -0.15) is 0 Å². The summed E-state index contributed by atoms with van der Waals surface area (Å²) < 4.78 is 23.5. The molecule has 2 saturated heterocycles. The number of piperidine rings is 1. The van der Waals surface area contributed by atoms with Crippen LogP contribution in [0.4, 0.5) is 5.69 Å². The first-order valence-corrected chi connectivity index (χ1v) is 12.5. The molecule has 1 aromatic rings. The Kier molecular flexibility index (Phi) is 7.64. The van der Waals surface area contributed by atoms with Crippen molar-refractivity contribution in [3.63, 3.8) is 0 Å². The zero-order valence-corrected chi connectivity index (χ0v) is 21.5. The molecule has 1 aromatic carbocycles. The lowest BCUT2D eigenvalue weighted by molar-refractivity contribution is -0.312. The number of nitrogens with one attached hydrogen (secondary N) is 1. The minimum Gasteiger partial charge on any atom is -0.496 e. The number of carbonyl (C=O) groups excluding carboxylic acids is 1. The lowest BCUT2D eigenvalue weighted by atomic mass is 9.85. The van der Waals surface area contributed by atoms with Gasteiger partial charge in [0.15, 0.2) is 5.79 Å². The number of hydrogen-bond acceptors (Lipinski definition) is 7. The second-order valence-electron chi connectivity index (χ2n) is 10.6. The van der Waals surface area contributed by atoms with E-state index in [4.69, 9.17) is 36.3 Å². The van der Waals surface area contributed by atoms with Crippen LogP contribution in [0.15, 0.2) is 12.1 Å². The van der Waals surface area contributed by atoms with Gasteiger partial charge in [-0.3, -0.25) is 9.69 Å². The van der Waals surface area contributed by atoms with Crippen LogP contribution in [0.25, 0.3) is 0 Å². The topological polar surface area (TPSA) is 95.3 Å². The van der Waals surface area contributed by atoms with Crippen molar-refractivity contribution in [3.8, 4) is 5.75 Å². The molecule has 1 amide bonds. The molecular formula is C25H38ClN3O5. The highest BCUT2D eigenvalue weighted by Crippen LogP contribution is 2.41. The average molecular weight is 496 g/mol. The third-order valence-corrected chi connectivity index (χ3v) is 7.79. The molecule has 1 aliphatic carbocycles. The van der Waals surface area contributed by atoms with E-state index in [1.807, 2.05) is 0 Å². The van der Waals surface area contributed by atoms with E-state index < -0.39 is 5.79 Å². The third-order valence-electron chi connectivity index (χ3n) is 7.46. The summed E-state index contributed by atoms with van der Waals surface area (Å²) >= 11 is 6.15. The molecular weight excluding hydrogens is 458 g/mol. The van der Waals surface area contributed by atoms with Crippen molar-refractivity contribution in [1.82, 2.24) is 10.2 Å². The molecule has 8 nitrogen and oxygen atoms in total. The summed E-state index contributed by atoms with van der Waals surface area (Å²) in [5.41, 5.74) is 6.68. The second-order valence-corrected chi connectivity index (χ2v) is 11.0. The van der Waals surface area contributed by atoms with Gasteiger partial charge in [-0.25, -0.2) is 0 Å². The number of ether oxygens (including phenoxy) is 4. The number of nitrogen functional groups attached to an aromatic ring is 1. The van der Waals surface area contributed by atoms with Gasteiger partial charge >= 0.3 is 0 Å². The van der Waals surface area contributed by atoms with Gasteiger partial charge in [-0.15, -0.1) is 0 Å². The van der Waals surface area contributed by atoms with E-state index in [2.05, 4.69) is 24.1 Å². The Hall–Kier alpha value is -1.58. The molecule has 2 aliphatic heterocycles. The maximum atomic E-state index is 13.0. The van der Waals surface area contributed by atoms with E-state index >= 15 is 0 Å². The Labute approximate surface area is 207 Å². The van der Waals surface area contributed by atoms with Crippen molar-refractivity contribution in [3.05, 3.63) is 22.7 Å². The Morgan fingerprint density at radius 3 is 2.47 bits per heavy atom. The van der Waals surface area contributed by atoms with E-state index in [0.29, 0.717) is 28.1 Å². The monoisotopic (exact) mass is 495 g/mol. The summed E-state index contributed by atoms with van der Waals surface area (Å²) in [6, 6.07) is 3.50. The Morgan fingerprint density at radius 1 is 1.18 bits per heavy atom. The first-order valence-electron chi connectivity index (χ1n) is 12.1. The van der Waals surface area contributed by atoms with Gasteiger partial charge in [-0.05, 0) is 25.3 Å². The van der Waals surface area contributed by atoms with Gasteiger partial charge in [0.2, 0.25) is 0 Å². The van der Waals surface area contributed by atoms with Crippen molar-refractivity contribution >= 4 is 23.2 Å². The molecule has 1 spiro atoms. The van der Waals surface area contributed by atoms with Crippen molar-refractivity contribution in [1.29, 1.82) is 0 Å². The smallest absolute Gasteiger partial charge is 0.255 e. The quantitative estimate of drug-likeness (QED) is 0.604. The number of methoxy groups -OCH3 is 2. The minimum atomic E-state index is -0.404. The lowest BCUT2D eigenvalue weighted by Gasteiger charge is -2.49. The molecule has 0 radical (unpaired) electrons. The molecule has 2 heterocycles. The minimum absolute atomic E-state index is 0.0851. The number of anilines is 1. The van der Waals surface area contributed by atoms with Crippen molar-refractivity contribution < 1.29 is 23.7 Å². The standard InChI is InChI=1S/C25H38ClN3O5/c1-24(2)14-33-25(34-15-24)8-5-16(6-9-25)29-10-7-20(22(13-29)32-4)28-23(30)17-11-18(26)19(27)12-21(17)31-3/h11-12,16,20,22H,5-10,13-15,27H2,1-4H3,(H,28,30). The van der Waals surface area contributed by atoms with Crippen LogP contribution in [0.2, 0.25) is 5.02 Å². The largest absolute Gasteiger partial charge is 0.496 e. The number of nitrogens with zero attached hydrogens (tertiary/aromatic N) is 1. The predicted molar refractivity (Wildman–Crippen MR) is 131 cm³/mol. The van der Waals surface area contributed by atoms with Crippen molar-refractivity contribution in [2.24, 2.45) is 5.41 Å². The van der Waals surface area contributed by atoms with Crippen LogP contribution in [-0.2, 0) is 14.2 Å². The number of rotatable bonds is 5. The van der Waals surface area contributed by atoms with Crippen molar-refractivity contribution in [2.75, 3.05) is 46.3 Å². The molecule has 190 valence electrons. The van der Waals surface area contributed by atoms with Crippen LogP contribution in [0.1, 0.15) is 56.3 Å². The molecule has 1 saturated carbocycles. The summed E-state index contributed by atoms with van der Waals surface area (Å²) in [5, 5.41) is 3.45. The summed E-state index contributed by atoms with van der Waals surface area (Å²) in [7, 11) is 3.21. The van der Waals surface area contributed by atoms with Gasteiger partial charge in [0.25, 0.3) is 5.91 Å². The van der Waals surface area contributed by atoms with Crippen LogP contribution >= 0.6 is 11.6 Å². The molecule has 2 unspecified atom stereocenters. The van der Waals surface area contributed by atoms with E-state index in [0.717, 1.165) is 58.4 Å². The first kappa shape index (κ1) is 25.5. The van der Waals surface area contributed by atoms with Crippen molar-refractivity contribution in [2.45, 2.75) is 69.9 Å². The highest BCUT2D eigenvalue weighted by molar-refractivity contribution is 6.33. The van der Waals surface area contributed by atoms with E-state index in [1.54, 1.807) is 19.2 Å². The van der Waals surface area contributed by atoms with Crippen LogP contribution in [-0.4, -0.2) is 75.3 Å². The van der Waals surface area contributed by atoms with Gasteiger partial charge in [0.05, 0.1) is 48.7 Å². The van der Waals surface area contributed by atoms with Gasteiger partial charge in [0, 0.05) is 50.6 Å². The maximum Gasteiger partial charge on any atom is 0.255 e. The predicted octanol–water partition coefficient (Wildman–Crippen LogP) is 3.46. The zero-order chi connectivity index (χ0) is 24.5. The first-order chi connectivity index (χ1) is 16.1. The third kappa shape index (κ3) is 5.46. The molecule has 3 N–H and O–H groups in total. The van der Waals surface area contributed by atoms with E-state index in [1.165, 1.54) is 7.11 Å². The number of nitrogens with two attached hydrogens (primary N) is 1. The molecule has 3 fully saturated rings. The van der Waals surface area contributed by atoms with E-state index in [-0.39, 0.29) is 23.5 Å². The number of hydrogen-bond donors (Lipinski definition) is 2. The van der Waals surface area contributed by atoms with Gasteiger partial charge < -0.3 is 30.0 Å². The van der Waals surface area contributed by atoms with Gasteiger partial charge in [-0.1, -0.05) is 25.4 Å². The van der Waals surface area contributed by atoms with Crippen LogP contribution in [0.3, 0.4) is 0 Å². The number of halogens is 1. The number of benzene rings is 1. The number of carbonyl (C=O) groups is 1. The Balaban J connectivity index is 1.33. The highest BCUT2D eigenvalue weighted by Gasteiger charge is 2.45. The van der Waals surface area contributed by atoms with E-state index in [9.17, 15) is 4.79 Å². The number of likely N-dealkylation sites (tertiary alicyclic amines) is 1. The Bertz CT molecular complexity index is 876. The van der Waals surface area contributed by atoms with Crippen LogP contribution < -0.4 is 15.8 Å². The van der Waals surface area contributed by atoms with Gasteiger partial charge in [0.1, 0.15) is 5.75 Å². The molecule has 0 aromatic heterocycles. The fourth-order valence-corrected chi connectivity index (χ4v) is 5.43. The van der Waals surface area contributed by atoms with Crippen LogP contribution in [0, 0.1) is 5.41 Å².